The molecule has 1 aromatic rings. The molecule has 17 heavy (non-hydrogen) atoms. The molecule has 0 unspecified atom stereocenters. The molecule has 0 spiro atoms. The van der Waals surface area contributed by atoms with Crippen molar-refractivity contribution in [1.82, 2.24) is 5.32 Å². The summed E-state index contributed by atoms with van der Waals surface area (Å²) in [5.74, 6) is -0.244. The molecule has 0 fully saturated rings. The molecule has 3 nitrogen and oxygen atoms in total. The van der Waals surface area contributed by atoms with E-state index >= 15 is 0 Å². The molecule has 2 N–H and O–H groups in total. The molecule has 0 radical (unpaired) electrons. The number of aliphatic hydroxyl groups excluding tert-OH is 1. The molecule has 0 saturated heterocycles. The summed E-state index contributed by atoms with van der Waals surface area (Å²) in [4.78, 5) is 12.9. The lowest BCUT2D eigenvalue weighted by atomic mass is 10.1. The van der Waals surface area contributed by atoms with Gasteiger partial charge in [-0.25, -0.2) is 0 Å². The molecule has 5 heteroatoms. The van der Waals surface area contributed by atoms with Gasteiger partial charge in [0.25, 0.3) is 5.91 Å². The van der Waals surface area contributed by atoms with Gasteiger partial charge in [-0.3, -0.25) is 4.79 Å². The Hall–Kier alpha value is -0.710. The van der Waals surface area contributed by atoms with Crippen molar-refractivity contribution in [3.05, 3.63) is 28.8 Å². The molecule has 94 valence electrons. The summed E-state index contributed by atoms with van der Waals surface area (Å²) in [6, 6.07) is 5.11. The van der Waals surface area contributed by atoms with E-state index in [0.717, 1.165) is 4.90 Å². The SMILES string of the molecule is CC[C@@H](CO)NC(=O)c1cc(SC)ccc1Cl. The summed E-state index contributed by atoms with van der Waals surface area (Å²) in [6.07, 6.45) is 2.62. The fraction of sp³-hybridized carbons (Fsp3) is 0.417. The molecular weight excluding hydrogens is 258 g/mol. The first-order valence-corrected chi connectivity index (χ1v) is 6.97. The maximum absolute atomic E-state index is 11.9. The van der Waals surface area contributed by atoms with Crippen molar-refractivity contribution in [3.8, 4) is 0 Å². The second-order valence-corrected chi connectivity index (χ2v) is 4.89. The van der Waals surface area contributed by atoms with E-state index in [1.54, 1.807) is 23.9 Å². The summed E-state index contributed by atoms with van der Waals surface area (Å²) in [5.41, 5.74) is 0.449. The fourth-order valence-electron chi connectivity index (χ4n) is 1.35. The van der Waals surface area contributed by atoms with Crippen LogP contribution in [-0.2, 0) is 0 Å². The van der Waals surface area contributed by atoms with Crippen LogP contribution >= 0.6 is 23.4 Å². The number of amides is 1. The first kappa shape index (κ1) is 14.4. The Morgan fingerprint density at radius 2 is 2.29 bits per heavy atom. The van der Waals surface area contributed by atoms with Gasteiger partial charge < -0.3 is 10.4 Å². The second kappa shape index (κ2) is 6.89. The monoisotopic (exact) mass is 273 g/mol. The number of rotatable bonds is 5. The van der Waals surface area contributed by atoms with Crippen LogP contribution < -0.4 is 5.32 Å². The predicted octanol–water partition coefficient (Wildman–Crippen LogP) is 2.56. The van der Waals surface area contributed by atoms with E-state index in [1.165, 1.54) is 0 Å². The van der Waals surface area contributed by atoms with Crippen LogP contribution in [0.25, 0.3) is 0 Å². The predicted molar refractivity (Wildman–Crippen MR) is 71.9 cm³/mol. The maximum atomic E-state index is 11.9. The zero-order valence-corrected chi connectivity index (χ0v) is 11.4. The molecule has 0 aliphatic carbocycles. The molecule has 1 atom stereocenters. The number of carbonyl (C=O) groups is 1. The van der Waals surface area contributed by atoms with Crippen LogP contribution in [0.4, 0.5) is 0 Å². The van der Waals surface area contributed by atoms with Crippen LogP contribution in [0.5, 0.6) is 0 Å². The van der Waals surface area contributed by atoms with Gasteiger partial charge in [-0.15, -0.1) is 11.8 Å². The van der Waals surface area contributed by atoms with Gasteiger partial charge in [0, 0.05) is 4.90 Å². The quantitative estimate of drug-likeness (QED) is 0.811. The molecule has 1 amide bonds. The lowest BCUT2D eigenvalue weighted by Crippen LogP contribution is -2.37. The minimum Gasteiger partial charge on any atom is -0.394 e. The van der Waals surface area contributed by atoms with E-state index < -0.39 is 0 Å². The molecule has 0 heterocycles. The van der Waals surface area contributed by atoms with Crippen molar-refractivity contribution in [2.75, 3.05) is 12.9 Å². The van der Waals surface area contributed by atoms with Crippen LogP contribution in [0, 0.1) is 0 Å². The highest BCUT2D eigenvalue weighted by Crippen LogP contribution is 2.23. The summed E-state index contributed by atoms with van der Waals surface area (Å²) in [7, 11) is 0. The Morgan fingerprint density at radius 3 is 2.82 bits per heavy atom. The summed E-state index contributed by atoms with van der Waals surface area (Å²) in [6.45, 7) is 1.84. The Kier molecular flexibility index (Phi) is 5.82. The third-order valence-corrected chi connectivity index (χ3v) is 3.52. The summed E-state index contributed by atoms with van der Waals surface area (Å²) < 4.78 is 0. The second-order valence-electron chi connectivity index (χ2n) is 3.61. The highest BCUT2D eigenvalue weighted by Gasteiger charge is 2.14. The van der Waals surface area contributed by atoms with E-state index in [2.05, 4.69) is 5.32 Å². The lowest BCUT2D eigenvalue weighted by Gasteiger charge is -2.14. The Bertz CT molecular complexity index is 394. The minimum absolute atomic E-state index is 0.0674. The van der Waals surface area contributed by atoms with Crippen molar-refractivity contribution in [2.45, 2.75) is 24.3 Å². The molecule has 0 aliphatic heterocycles. The highest BCUT2D eigenvalue weighted by molar-refractivity contribution is 7.98. The van der Waals surface area contributed by atoms with Gasteiger partial charge in [-0.1, -0.05) is 18.5 Å². The summed E-state index contributed by atoms with van der Waals surface area (Å²) >= 11 is 7.54. The van der Waals surface area contributed by atoms with Crippen LogP contribution in [0.3, 0.4) is 0 Å². The largest absolute Gasteiger partial charge is 0.394 e. The number of hydrogen-bond acceptors (Lipinski definition) is 3. The number of thioether (sulfide) groups is 1. The van der Waals surface area contributed by atoms with Gasteiger partial charge in [-0.2, -0.15) is 0 Å². The normalized spacial score (nSPS) is 12.2. The summed E-state index contributed by atoms with van der Waals surface area (Å²) in [5, 5.41) is 12.2. The van der Waals surface area contributed by atoms with E-state index in [0.29, 0.717) is 17.0 Å². The third-order valence-electron chi connectivity index (χ3n) is 2.47. The van der Waals surface area contributed by atoms with Crippen molar-refractivity contribution in [2.24, 2.45) is 0 Å². The molecule has 0 aliphatic rings. The van der Waals surface area contributed by atoms with E-state index in [9.17, 15) is 4.79 Å². The zero-order chi connectivity index (χ0) is 12.8. The maximum Gasteiger partial charge on any atom is 0.253 e. The van der Waals surface area contributed by atoms with Gasteiger partial charge in [0.2, 0.25) is 0 Å². The smallest absolute Gasteiger partial charge is 0.253 e. The third kappa shape index (κ3) is 3.91. The van der Waals surface area contributed by atoms with Crippen molar-refractivity contribution in [1.29, 1.82) is 0 Å². The van der Waals surface area contributed by atoms with Gasteiger partial charge in [0.15, 0.2) is 0 Å². The van der Waals surface area contributed by atoms with Gasteiger partial charge in [0.05, 0.1) is 23.2 Å². The highest BCUT2D eigenvalue weighted by atomic mass is 35.5. The molecule has 1 aromatic carbocycles. The van der Waals surface area contributed by atoms with Gasteiger partial charge >= 0.3 is 0 Å². The standard InChI is InChI=1S/C12H16ClNO2S/c1-3-8(7-15)14-12(16)10-6-9(17-2)4-5-11(10)13/h4-6,8,15H,3,7H2,1-2H3,(H,14,16)/t8-/m0/s1. The Morgan fingerprint density at radius 1 is 1.59 bits per heavy atom. The Labute approximate surface area is 111 Å². The van der Waals surface area contributed by atoms with E-state index in [-0.39, 0.29) is 18.6 Å². The Balaban J connectivity index is 2.87. The number of benzene rings is 1. The molecule has 0 saturated carbocycles. The average molecular weight is 274 g/mol. The number of nitrogens with one attached hydrogen (secondary N) is 1. The van der Waals surface area contributed by atoms with Gasteiger partial charge in [0.1, 0.15) is 0 Å². The zero-order valence-electron chi connectivity index (χ0n) is 9.87. The molecule has 1 rings (SSSR count). The van der Waals surface area contributed by atoms with Gasteiger partial charge in [-0.05, 0) is 30.9 Å². The number of aliphatic hydroxyl groups is 1. The number of halogens is 1. The fourth-order valence-corrected chi connectivity index (χ4v) is 1.99. The topological polar surface area (TPSA) is 49.3 Å². The first-order chi connectivity index (χ1) is 8.12. The van der Waals surface area contributed by atoms with Crippen molar-refractivity contribution < 1.29 is 9.90 Å². The molecule has 0 bridgehead atoms. The van der Waals surface area contributed by atoms with Crippen LogP contribution in [0.15, 0.2) is 23.1 Å². The van der Waals surface area contributed by atoms with E-state index in [4.69, 9.17) is 16.7 Å². The van der Waals surface area contributed by atoms with Crippen LogP contribution in [-0.4, -0.2) is 29.9 Å². The van der Waals surface area contributed by atoms with Crippen LogP contribution in [0.2, 0.25) is 5.02 Å². The lowest BCUT2D eigenvalue weighted by molar-refractivity contribution is 0.0915. The van der Waals surface area contributed by atoms with Crippen molar-refractivity contribution in [3.63, 3.8) is 0 Å². The minimum atomic E-state index is -0.244. The number of carbonyl (C=O) groups excluding carboxylic acids is 1. The first-order valence-electron chi connectivity index (χ1n) is 5.37. The van der Waals surface area contributed by atoms with Crippen molar-refractivity contribution >= 4 is 29.3 Å². The average Bonchev–Trinajstić information content (AvgIpc) is 2.36. The van der Waals surface area contributed by atoms with Crippen LogP contribution in [0.1, 0.15) is 23.7 Å². The molecule has 0 aromatic heterocycles. The molecular formula is C12H16ClNO2S. The van der Waals surface area contributed by atoms with E-state index in [1.807, 2.05) is 19.2 Å². The number of hydrogen-bond donors (Lipinski definition) is 2.